The van der Waals surface area contributed by atoms with Crippen LogP contribution < -0.4 is 33.6 Å². The predicted molar refractivity (Wildman–Crippen MR) is 372 cm³/mol. The minimum atomic E-state index is -1.06. The summed E-state index contributed by atoms with van der Waals surface area (Å²) >= 11 is 0. The fraction of sp³-hybridized carbons (Fsp3) is 0.589. The Kier molecular flexibility index (Phi) is 35.0. The van der Waals surface area contributed by atoms with Gasteiger partial charge in [-0.05, 0) is 249 Å². The maximum atomic E-state index is 11.7. The first-order chi connectivity index (χ1) is 42.3. The minimum absolute atomic E-state index is 0.342. The highest BCUT2D eigenvalue weighted by molar-refractivity contribution is 5.86. The largest absolute Gasteiger partial charge is 0.519 e. The number of nitrogens with zero attached hydrogens (tertiary/aromatic N) is 3. The second-order valence-corrected chi connectivity index (χ2v) is 26.2. The standard InChI is InChI=1S/C24H37N3O2.C20H31N3.C19H29N3.C10H18O5/c1-5-6-8-13-19-17-20-18(14-11-15-21(20)27-22(19)25)12-9-7-10-16-26-23(28)29-24(2,3)4;1-3-4-6-11-17-15-18-16(10-7-5-8-14-22-2)12-9-13-19(18)23-20(17)21;1-2-3-5-10-16-14-17-15(9-6-4-7-13-20)11-8-12-18(17)22-19(16)21;1-9(2,3)14-7(11)13-8(12)15-10(4,5)6/h11,14-15,17H,5-10,12-13,16H2,1-4H3,(H2,25,27)(H,26,28);9,12-13,15,22H,3-8,10-11,14H2,1-2H3,(H2,21,23);8,11-12,14H,2-7,9-10,13,20H2,1H3,(H2,21,22);1-6H3. The lowest BCUT2D eigenvalue weighted by Crippen LogP contribution is -2.32. The normalized spacial score (nSPS) is 11.4. The molecule has 0 spiro atoms. The number of aromatic nitrogens is 3. The summed E-state index contributed by atoms with van der Waals surface area (Å²) in [4.78, 5) is 47.6. The molecule has 1 amide bonds. The highest BCUT2D eigenvalue weighted by atomic mass is 16.8. The van der Waals surface area contributed by atoms with Gasteiger partial charge in [-0.1, -0.05) is 115 Å². The topological polar surface area (TPSA) is 255 Å². The van der Waals surface area contributed by atoms with Crippen LogP contribution in [-0.2, 0) is 57.5 Å². The fourth-order valence-electron chi connectivity index (χ4n) is 10.1. The van der Waals surface area contributed by atoms with E-state index in [0.29, 0.717) is 24.0 Å². The van der Waals surface area contributed by atoms with Gasteiger partial charge in [-0.2, -0.15) is 0 Å². The van der Waals surface area contributed by atoms with E-state index in [1.807, 2.05) is 33.9 Å². The summed E-state index contributed by atoms with van der Waals surface area (Å²) in [5, 5.41) is 9.82. The van der Waals surface area contributed by atoms with E-state index in [0.717, 1.165) is 100 Å². The number of nitrogens with one attached hydrogen (secondary N) is 2. The van der Waals surface area contributed by atoms with E-state index in [1.54, 1.807) is 41.5 Å². The lowest BCUT2D eigenvalue weighted by atomic mass is 9.99. The maximum Gasteiger partial charge on any atom is 0.519 e. The second-order valence-electron chi connectivity index (χ2n) is 26.2. The van der Waals surface area contributed by atoms with Crippen molar-refractivity contribution in [3.63, 3.8) is 0 Å². The maximum absolute atomic E-state index is 11.7. The van der Waals surface area contributed by atoms with Gasteiger partial charge in [0, 0.05) is 22.7 Å². The second kappa shape index (κ2) is 40.8. The molecule has 0 saturated carbocycles. The lowest BCUT2D eigenvalue weighted by Gasteiger charge is -2.20. The zero-order valence-corrected chi connectivity index (χ0v) is 57.0. The van der Waals surface area contributed by atoms with Crippen molar-refractivity contribution in [2.24, 2.45) is 5.73 Å². The van der Waals surface area contributed by atoms with Crippen LogP contribution in [-0.4, -0.2) is 76.8 Å². The molecule has 0 atom stereocenters. The van der Waals surface area contributed by atoms with Crippen molar-refractivity contribution < 1.29 is 33.3 Å². The molecular weight excluding hydrogens is 1110 g/mol. The van der Waals surface area contributed by atoms with E-state index in [1.165, 1.54) is 133 Å². The number of hydrogen-bond acceptors (Lipinski definition) is 15. The molecule has 0 aliphatic rings. The summed E-state index contributed by atoms with van der Waals surface area (Å²) in [7, 11) is 2.01. The molecule has 494 valence electrons. The summed E-state index contributed by atoms with van der Waals surface area (Å²) < 4.78 is 19.1. The van der Waals surface area contributed by atoms with Gasteiger partial charge in [0.2, 0.25) is 0 Å². The quantitative estimate of drug-likeness (QED) is 0.0110. The zero-order chi connectivity index (χ0) is 65.8. The van der Waals surface area contributed by atoms with Crippen LogP contribution in [0, 0.1) is 0 Å². The van der Waals surface area contributed by atoms with Gasteiger partial charge in [-0.3, -0.25) is 0 Å². The number of nitrogens with two attached hydrogens (primary N) is 4. The number of carbonyl (C=O) groups excluding carboxylic acids is 3. The molecule has 3 aromatic carbocycles. The Bertz CT molecular complexity index is 3010. The average molecular weight is 1230 g/mol. The van der Waals surface area contributed by atoms with E-state index in [9.17, 15) is 14.4 Å². The molecule has 0 unspecified atom stereocenters. The molecule has 0 fully saturated rings. The number of amides is 1. The number of nitrogen functional groups attached to an aromatic ring is 3. The Balaban J connectivity index is 0.000000318. The van der Waals surface area contributed by atoms with E-state index < -0.39 is 29.1 Å². The lowest BCUT2D eigenvalue weighted by molar-refractivity contribution is -0.0294. The minimum Gasteiger partial charge on any atom is -0.444 e. The third-order valence-electron chi connectivity index (χ3n) is 14.6. The van der Waals surface area contributed by atoms with Crippen LogP contribution in [0.25, 0.3) is 32.7 Å². The van der Waals surface area contributed by atoms with Crippen molar-refractivity contribution in [2.45, 2.75) is 254 Å². The Hall–Kier alpha value is -6.78. The first-order valence-corrected chi connectivity index (χ1v) is 33.3. The Morgan fingerprint density at radius 3 is 1.04 bits per heavy atom. The van der Waals surface area contributed by atoms with Crippen LogP contribution in [0.1, 0.15) is 232 Å². The number of benzene rings is 3. The smallest absolute Gasteiger partial charge is 0.444 e. The van der Waals surface area contributed by atoms with E-state index in [4.69, 9.17) is 37.1 Å². The molecule has 0 aliphatic heterocycles. The number of carbonyl (C=O) groups is 3. The summed E-state index contributed by atoms with van der Waals surface area (Å²) in [6, 6.07) is 25.9. The van der Waals surface area contributed by atoms with Crippen LogP contribution in [0.15, 0.2) is 72.8 Å². The molecule has 89 heavy (non-hydrogen) atoms. The number of rotatable bonds is 29. The molecule has 10 N–H and O–H groups in total. The highest BCUT2D eigenvalue weighted by Crippen LogP contribution is 2.28. The van der Waals surface area contributed by atoms with Gasteiger partial charge in [-0.25, -0.2) is 29.3 Å². The number of unbranched alkanes of at least 4 members (excludes halogenated alkanes) is 12. The van der Waals surface area contributed by atoms with Gasteiger partial charge in [0.05, 0.1) is 16.6 Å². The summed E-state index contributed by atoms with van der Waals surface area (Å²) in [6.07, 6.45) is 25.1. The number of ether oxygens (including phenoxy) is 4. The molecule has 0 radical (unpaired) electrons. The molecular formula is C73H115N9O7. The number of pyridine rings is 3. The number of alkyl carbamates (subject to hydrolysis) is 1. The summed E-state index contributed by atoms with van der Waals surface area (Å²) in [6.45, 7) is 24.8. The number of anilines is 3. The van der Waals surface area contributed by atoms with Crippen LogP contribution in [0.4, 0.5) is 31.8 Å². The van der Waals surface area contributed by atoms with E-state index >= 15 is 0 Å². The van der Waals surface area contributed by atoms with E-state index in [2.05, 4.69) is 118 Å². The van der Waals surface area contributed by atoms with Crippen molar-refractivity contribution in [1.29, 1.82) is 0 Å². The van der Waals surface area contributed by atoms with Crippen LogP contribution >= 0.6 is 0 Å². The van der Waals surface area contributed by atoms with Gasteiger partial charge >= 0.3 is 18.4 Å². The van der Waals surface area contributed by atoms with Gasteiger partial charge < -0.3 is 52.5 Å². The molecule has 3 heterocycles. The Morgan fingerprint density at radius 1 is 0.416 bits per heavy atom. The number of hydrogen-bond donors (Lipinski definition) is 6. The first-order valence-electron chi connectivity index (χ1n) is 33.3. The molecule has 0 saturated heterocycles. The van der Waals surface area contributed by atoms with Crippen molar-refractivity contribution in [2.75, 3.05) is 43.9 Å². The number of fused-ring (bicyclic) bond motifs is 3. The number of aryl methyl sites for hydroxylation is 6. The molecule has 3 aromatic heterocycles. The van der Waals surface area contributed by atoms with Crippen molar-refractivity contribution in [1.82, 2.24) is 25.6 Å². The van der Waals surface area contributed by atoms with Crippen molar-refractivity contribution in [3.8, 4) is 0 Å². The molecule has 0 aliphatic carbocycles. The van der Waals surface area contributed by atoms with Gasteiger partial charge in [-0.15, -0.1) is 0 Å². The summed E-state index contributed by atoms with van der Waals surface area (Å²) in [5.41, 5.74) is 32.9. The molecule has 6 rings (SSSR count). The average Bonchev–Trinajstić information content (AvgIpc) is 1.14. The zero-order valence-electron chi connectivity index (χ0n) is 57.0. The monoisotopic (exact) mass is 1230 g/mol. The highest BCUT2D eigenvalue weighted by Gasteiger charge is 2.24. The summed E-state index contributed by atoms with van der Waals surface area (Å²) in [5.74, 6) is 2.07. The van der Waals surface area contributed by atoms with Gasteiger partial charge in [0.1, 0.15) is 34.3 Å². The van der Waals surface area contributed by atoms with Gasteiger partial charge in [0.25, 0.3) is 0 Å². The SMILES string of the molecule is CC(C)(C)OC(=O)OC(=O)OC(C)(C)C.CCCCCc1cc2c(CCCCCN)cccc2nc1N.CCCCCc1cc2c(CCCCCNC(=O)OC(C)(C)C)cccc2nc1N.CCCCCc1cc2c(CCCCCNC)cccc2nc1N. The Morgan fingerprint density at radius 2 is 0.730 bits per heavy atom. The first kappa shape index (κ1) is 76.5. The Labute approximate surface area is 534 Å². The third kappa shape index (κ3) is 31.5. The predicted octanol–water partition coefficient (Wildman–Crippen LogP) is 17.4. The van der Waals surface area contributed by atoms with Crippen molar-refractivity contribution in [3.05, 3.63) is 106 Å². The van der Waals surface area contributed by atoms with Gasteiger partial charge in [0.15, 0.2) is 0 Å². The molecule has 6 aromatic rings. The van der Waals surface area contributed by atoms with E-state index in [-0.39, 0.29) is 6.09 Å². The third-order valence-corrected chi connectivity index (χ3v) is 14.6. The molecule has 16 nitrogen and oxygen atoms in total. The fourth-order valence-corrected chi connectivity index (χ4v) is 10.1. The van der Waals surface area contributed by atoms with Crippen LogP contribution in [0.3, 0.4) is 0 Å². The van der Waals surface area contributed by atoms with Crippen molar-refractivity contribution >= 4 is 68.6 Å². The van der Waals surface area contributed by atoms with Crippen LogP contribution in [0.2, 0.25) is 0 Å². The molecule has 0 bridgehead atoms. The molecule has 16 heteroatoms. The van der Waals surface area contributed by atoms with Crippen LogP contribution in [0.5, 0.6) is 0 Å².